The molecule has 0 fully saturated rings. The minimum atomic E-state index is -0.412. The zero-order valence-corrected chi connectivity index (χ0v) is 12.3. The SMILES string of the molecule is CNc1c(F)cccc1C(=O)N(C)CCc1cccs1. The van der Waals surface area contributed by atoms with Crippen molar-refractivity contribution in [1.82, 2.24) is 4.90 Å². The number of halogens is 1. The Balaban J connectivity index is 2.08. The second-order valence-corrected chi connectivity index (χ2v) is 5.50. The lowest BCUT2D eigenvalue weighted by Crippen LogP contribution is -2.29. The van der Waals surface area contributed by atoms with Crippen molar-refractivity contribution in [3.05, 3.63) is 52.0 Å². The van der Waals surface area contributed by atoms with E-state index >= 15 is 0 Å². The Bertz CT molecular complexity index is 584. The topological polar surface area (TPSA) is 32.3 Å². The summed E-state index contributed by atoms with van der Waals surface area (Å²) in [5.74, 6) is -0.588. The molecule has 20 heavy (non-hydrogen) atoms. The van der Waals surface area contributed by atoms with Gasteiger partial charge in [0.1, 0.15) is 5.82 Å². The molecule has 1 aromatic carbocycles. The number of para-hydroxylation sites is 1. The third-order valence-electron chi connectivity index (χ3n) is 3.11. The summed E-state index contributed by atoms with van der Waals surface area (Å²) in [6, 6.07) is 8.57. The van der Waals surface area contributed by atoms with E-state index in [0.717, 1.165) is 6.42 Å². The minimum absolute atomic E-state index is 0.176. The predicted octanol–water partition coefficient (Wildman–Crippen LogP) is 3.24. The fourth-order valence-corrected chi connectivity index (χ4v) is 2.69. The normalized spacial score (nSPS) is 10.3. The smallest absolute Gasteiger partial charge is 0.255 e. The molecule has 0 atom stereocenters. The molecule has 0 spiro atoms. The molecule has 0 aliphatic rings. The number of rotatable bonds is 5. The lowest BCUT2D eigenvalue weighted by Gasteiger charge is -2.19. The van der Waals surface area contributed by atoms with Crippen LogP contribution in [-0.2, 0) is 6.42 Å². The van der Waals surface area contributed by atoms with E-state index in [1.54, 1.807) is 42.5 Å². The molecular formula is C15H17FN2OS. The zero-order valence-electron chi connectivity index (χ0n) is 11.5. The average Bonchev–Trinajstić information content (AvgIpc) is 2.97. The maximum atomic E-state index is 13.7. The van der Waals surface area contributed by atoms with Crippen molar-refractivity contribution in [1.29, 1.82) is 0 Å². The van der Waals surface area contributed by atoms with Gasteiger partial charge in [-0.05, 0) is 30.0 Å². The summed E-state index contributed by atoms with van der Waals surface area (Å²) in [7, 11) is 3.35. The Hall–Kier alpha value is -1.88. The molecule has 0 saturated carbocycles. The summed E-state index contributed by atoms with van der Waals surface area (Å²) in [6.07, 6.45) is 0.810. The van der Waals surface area contributed by atoms with Gasteiger partial charge in [-0.15, -0.1) is 11.3 Å². The number of amides is 1. The number of nitrogens with one attached hydrogen (secondary N) is 1. The summed E-state index contributed by atoms with van der Waals surface area (Å²) in [4.78, 5) is 15.2. The van der Waals surface area contributed by atoms with Crippen LogP contribution in [0.25, 0.3) is 0 Å². The van der Waals surface area contributed by atoms with E-state index in [2.05, 4.69) is 5.32 Å². The Labute approximate surface area is 122 Å². The number of carbonyl (C=O) groups excluding carboxylic acids is 1. The third kappa shape index (κ3) is 3.17. The van der Waals surface area contributed by atoms with Gasteiger partial charge < -0.3 is 10.2 Å². The Morgan fingerprint density at radius 1 is 1.35 bits per heavy atom. The molecule has 2 rings (SSSR count). The molecule has 1 aromatic heterocycles. The van der Waals surface area contributed by atoms with Gasteiger partial charge >= 0.3 is 0 Å². The summed E-state index contributed by atoms with van der Waals surface area (Å²) in [6.45, 7) is 0.610. The van der Waals surface area contributed by atoms with Gasteiger partial charge in [-0.1, -0.05) is 12.1 Å². The Kier molecular flexibility index (Phi) is 4.74. The summed E-state index contributed by atoms with van der Waals surface area (Å²) < 4.78 is 13.7. The molecule has 3 nitrogen and oxygen atoms in total. The first-order chi connectivity index (χ1) is 9.63. The fraction of sp³-hybridized carbons (Fsp3) is 0.267. The van der Waals surface area contributed by atoms with Gasteiger partial charge in [-0.3, -0.25) is 4.79 Å². The van der Waals surface area contributed by atoms with Crippen molar-refractivity contribution in [3.8, 4) is 0 Å². The Morgan fingerprint density at radius 2 is 2.15 bits per heavy atom. The van der Waals surface area contributed by atoms with Crippen molar-refractivity contribution in [2.45, 2.75) is 6.42 Å². The molecule has 2 aromatic rings. The molecule has 106 valence electrons. The standard InChI is InChI=1S/C15H17FN2OS/c1-17-14-12(6-3-7-13(14)16)15(19)18(2)9-8-11-5-4-10-20-11/h3-7,10,17H,8-9H2,1-2H3. The number of hydrogen-bond donors (Lipinski definition) is 1. The quantitative estimate of drug-likeness (QED) is 0.917. The number of thiophene rings is 1. The highest BCUT2D eigenvalue weighted by Crippen LogP contribution is 2.20. The van der Waals surface area contributed by atoms with Crippen LogP contribution in [0.1, 0.15) is 15.2 Å². The lowest BCUT2D eigenvalue weighted by atomic mass is 10.1. The van der Waals surface area contributed by atoms with Crippen molar-refractivity contribution >= 4 is 22.9 Å². The van der Waals surface area contributed by atoms with Crippen LogP contribution in [0.5, 0.6) is 0 Å². The highest BCUT2D eigenvalue weighted by molar-refractivity contribution is 7.09. The number of hydrogen-bond acceptors (Lipinski definition) is 3. The first-order valence-electron chi connectivity index (χ1n) is 6.37. The highest BCUT2D eigenvalue weighted by Gasteiger charge is 2.17. The van der Waals surface area contributed by atoms with Crippen molar-refractivity contribution in [3.63, 3.8) is 0 Å². The predicted molar refractivity (Wildman–Crippen MR) is 80.9 cm³/mol. The van der Waals surface area contributed by atoms with Crippen LogP contribution in [0.4, 0.5) is 10.1 Å². The number of likely N-dealkylation sites (N-methyl/N-ethyl adjacent to an activating group) is 1. The Morgan fingerprint density at radius 3 is 2.80 bits per heavy atom. The minimum Gasteiger partial charge on any atom is -0.385 e. The van der Waals surface area contributed by atoms with Crippen LogP contribution in [-0.4, -0.2) is 31.4 Å². The van der Waals surface area contributed by atoms with E-state index in [9.17, 15) is 9.18 Å². The van der Waals surface area contributed by atoms with Crippen LogP contribution in [0.3, 0.4) is 0 Å². The molecule has 0 bridgehead atoms. The van der Waals surface area contributed by atoms with Gasteiger partial charge in [0.25, 0.3) is 5.91 Å². The van der Waals surface area contributed by atoms with Crippen LogP contribution in [0.2, 0.25) is 0 Å². The van der Waals surface area contributed by atoms with Crippen LogP contribution in [0, 0.1) is 5.82 Å². The van der Waals surface area contributed by atoms with Gasteiger partial charge in [0.2, 0.25) is 0 Å². The first kappa shape index (κ1) is 14.5. The monoisotopic (exact) mass is 292 g/mol. The molecule has 5 heteroatoms. The molecule has 0 saturated heterocycles. The van der Waals surface area contributed by atoms with Crippen LogP contribution in [0.15, 0.2) is 35.7 Å². The maximum Gasteiger partial charge on any atom is 0.255 e. The molecule has 1 amide bonds. The van der Waals surface area contributed by atoms with Gasteiger partial charge in [0.05, 0.1) is 11.3 Å². The molecule has 0 aliphatic carbocycles. The summed E-state index contributed by atoms with van der Waals surface area (Å²) in [5.41, 5.74) is 0.613. The number of nitrogens with zero attached hydrogens (tertiary/aromatic N) is 1. The number of benzene rings is 1. The first-order valence-corrected chi connectivity index (χ1v) is 7.25. The van der Waals surface area contributed by atoms with Crippen LogP contribution >= 0.6 is 11.3 Å². The fourth-order valence-electron chi connectivity index (χ4n) is 2.00. The second-order valence-electron chi connectivity index (χ2n) is 4.47. The number of carbonyl (C=O) groups is 1. The largest absolute Gasteiger partial charge is 0.385 e. The molecular weight excluding hydrogens is 275 g/mol. The zero-order chi connectivity index (χ0) is 14.5. The molecule has 1 N–H and O–H groups in total. The third-order valence-corrected chi connectivity index (χ3v) is 4.05. The van der Waals surface area contributed by atoms with Crippen molar-refractivity contribution in [2.24, 2.45) is 0 Å². The summed E-state index contributed by atoms with van der Waals surface area (Å²) in [5, 5.41) is 4.77. The van der Waals surface area contributed by atoms with E-state index in [-0.39, 0.29) is 11.6 Å². The molecule has 0 aliphatic heterocycles. The maximum absolute atomic E-state index is 13.7. The van der Waals surface area contributed by atoms with E-state index in [1.807, 2.05) is 17.5 Å². The number of anilines is 1. The van der Waals surface area contributed by atoms with E-state index < -0.39 is 5.82 Å². The van der Waals surface area contributed by atoms with Crippen LogP contribution < -0.4 is 5.32 Å². The van der Waals surface area contributed by atoms with E-state index in [1.165, 1.54) is 10.9 Å². The average molecular weight is 292 g/mol. The molecule has 1 heterocycles. The van der Waals surface area contributed by atoms with Crippen molar-refractivity contribution < 1.29 is 9.18 Å². The summed E-state index contributed by atoms with van der Waals surface area (Å²) >= 11 is 1.67. The van der Waals surface area contributed by atoms with E-state index in [4.69, 9.17) is 0 Å². The highest BCUT2D eigenvalue weighted by atomic mass is 32.1. The lowest BCUT2D eigenvalue weighted by molar-refractivity contribution is 0.0797. The van der Waals surface area contributed by atoms with Gasteiger partial charge in [0.15, 0.2) is 0 Å². The van der Waals surface area contributed by atoms with Gasteiger partial charge in [0, 0.05) is 25.5 Å². The van der Waals surface area contributed by atoms with E-state index in [0.29, 0.717) is 12.1 Å². The second kappa shape index (κ2) is 6.52. The molecule has 0 radical (unpaired) electrons. The van der Waals surface area contributed by atoms with Gasteiger partial charge in [-0.25, -0.2) is 4.39 Å². The van der Waals surface area contributed by atoms with Gasteiger partial charge in [-0.2, -0.15) is 0 Å². The van der Waals surface area contributed by atoms with Crippen molar-refractivity contribution in [2.75, 3.05) is 26.0 Å². The molecule has 0 unspecified atom stereocenters.